The molecule has 1 aliphatic rings. The van der Waals surface area contributed by atoms with Crippen LogP contribution in [-0.4, -0.2) is 22.0 Å². The smallest absolute Gasteiger partial charge is 0.227 e. The number of hydrogen-bond acceptors (Lipinski definition) is 2. The highest BCUT2D eigenvalue weighted by Gasteiger charge is 2.34. The molecule has 4 rings (SSSR count). The molecular weight excluding hydrogens is 334 g/mol. The van der Waals surface area contributed by atoms with E-state index in [0.29, 0.717) is 13.0 Å². The normalized spacial score (nSPS) is 17.2. The summed E-state index contributed by atoms with van der Waals surface area (Å²) in [5.41, 5.74) is 4.51. The Balaban J connectivity index is 1.57. The Labute approximate surface area is 160 Å². The molecule has 0 saturated carbocycles. The zero-order valence-electron chi connectivity index (χ0n) is 16.2. The molecular formula is C23H27N3O. The van der Waals surface area contributed by atoms with Gasteiger partial charge in [0.05, 0.1) is 11.0 Å². The second-order valence-electron chi connectivity index (χ2n) is 7.38. The lowest BCUT2D eigenvalue weighted by Crippen LogP contribution is -2.24. The van der Waals surface area contributed by atoms with Gasteiger partial charge in [-0.2, -0.15) is 0 Å². The number of para-hydroxylation sites is 2. The van der Waals surface area contributed by atoms with E-state index in [2.05, 4.69) is 54.8 Å². The summed E-state index contributed by atoms with van der Waals surface area (Å²) in [6.07, 6.45) is 4.04. The Morgan fingerprint density at radius 2 is 1.85 bits per heavy atom. The number of aromatic nitrogens is 2. The molecule has 1 aromatic heterocycles. The van der Waals surface area contributed by atoms with E-state index in [0.717, 1.165) is 35.5 Å². The summed E-state index contributed by atoms with van der Waals surface area (Å²) in [6.45, 7) is 5.92. The van der Waals surface area contributed by atoms with Gasteiger partial charge in [-0.05, 0) is 49.6 Å². The minimum Gasteiger partial charge on any atom is -0.328 e. The quantitative estimate of drug-likeness (QED) is 0.625. The fourth-order valence-electron chi connectivity index (χ4n) is 4.09. The molecule has 4 nitrogen and oxygen atoms in total. The SMILES string of the molecule is CCCCc1ccc(N2CC(c3nc4ccccc4n3CC)CC2=O)cc1. The number of rotatable bonds is 6. The molecule has 0 radical (unpaired) electrons. The minimum absolute atomic E-state index is 0.143. The van der Waals surface area contributed by atoms with Crippen LogP contribution in [0.15, 0.2) is 48.5 Å². The van der Waals surface area contributed by atoms with Gasteiger partial charge in [0.25, 0.3) is 0 Å². The summed E-state index contributed by atoms with van der Waals surface area (Å²) in [6, 6.07) is 16.7. The van der Waals surface area contributed by atoms with Crippen LogP contribution in [0, 0.1) is 0 Å². The number of carbonyl (C=O) groups is 1. The number of aryl methyl sites for hydroxylation is 2. The van der Waals surface area contributed by atoms with E-state index in [1.807, 2.05) is 17.0 Å². The van der Waals surface area contributed by atoms with Crippen LogP contribution in [0.1, 0.15) is 50.4 Å². The maximum Gasteiger partial charge on any atom is 0.227 e. The van der Waals surface area contributed by atoms with Crippen molar-refractivity contribution in [3.63, 3.8) is 0 Å². The first-order valence-electron chi connectivity index (χ1n) is 10.1. The molecule has 0 N–H and O–H groups in total. The van der Waals surface area contributed by atoms with Gasteiger partial charge in [0.1, 0.15) is 5.82 Å². The van der Waals surface area contributed by atoms with Crippen molar-refractivity contribution in [1.29, 1.82) is 0 Å². The predicted octanol–water partition coefficient (Wildman–Crippen LogP) is 4.92. The molecule has 2 heterocycles. The van der Waals surface area contributed by atoms with Crippen molar-refractivity contribution in [3.05, 3.63) is 59.9 Å². The van der Waals surface area contributed by atoms with E-state index in [1.165, 1.54) is 18.4 Å². The third kappa shape index (κ3) is 3.36. The molecule has 1 saturated heterocycles. The van der Waals surface area contributed by atoms with Crippen molar-refractivity contribution in [2.75, 3.05) is 11.4 Å². The first kappa shape index (κ1) is 17.8. The molecule has 27 heavy (non-hydrogen) atoms. The molecule has 3 aromatic rings. The summed E-state index contributed by atoms with van der Waals surface area (Å²) < 4.78 is 2.25. The minimum atomic E-state index is 0.143. The lowest BCUT2D eigenvalue weighted by molar-refractivity contribution is -0.117. The Morgan fingerprint density at radius 1 is 1.07 bits per heavy atom. The van der Waals surface area contributed by atoms with Gasteiger partial charge in [0.15, 0.2) is 0 Å². The number of anilines is 1. The van der Waals surface area contributed by atoms with Crippen LogP contribution in [0.5, 0.6) is 0 Å². The van der Waals surface area contributed by atoms with Gasteiger partial charge in [-0.3, -0.25) is 4.79 Å². The van der Waals surface area contributed by atoms with Crippen LogP contribution < -0.4 is 4.90 Å². The van der Waals surface area contributed by atoms with Crippen LogP contribution in [0.4, 0.5) is 5.69 Å². The number of benzene rings is 2. The highest BCUT2D eigenvalue weighted by atomic mass is 16.2. The van der Waals surface area contributed by atoms with Gasteiger partial charge in [0, 0.05) is 31.1 Å². The molecule has 1 unspecified atom stereocenters. The Hall–Kier alpha value is -2.62. The lowest BCUT2D eigenvalue weighted by atomic mass is 10.1. The number of nitrogens with zero attached hydrogens (tertiary/aromatic N) is 3. The van der Waals surface area contributed by atoms with Gasteiger partial charge in [-0.15, -0.1) is 0 Å². The van der Waals surface area contributed by atoms with Crippen molar-refractivity contribution in [1.82, 2.24) is 9.55 Å². The molecule has 0 spiro atoms. The molecule has 0 aliphatic carbocycles. The van der Waals surface area contributed by atoms with Crippen molar-refractivity contribution in [2.24, 2.45) is 0 Å². The number of carbonyl (C=O) groups excluding carboxylic acids is 1. The third-order valence-electron chi connectivity index (χ3n) is 5.56. The van der Waals surface area contributed by atoms with E-state index < -0.39 is 0 Å². The third-order valence-corrected chi connectivity index (χ3v) is 5.56. The maximum absolute atomic E-state index is 12.7. The summed E-state index contributed by atoms with van der Waals surface area (Å²) >= 11 is 0. The van der Waals surface area contributed by atoms with Crippen molar-refractivity contribution >= 4 is 22.6 Å². The average Bonchev–Trinajstić information content (AvgIpc) is 3.27. The van der Waals surface area contributed by atoms with E-state index in [9.17, 15) is 4.79 Å². The van der Waals surface area contributed by atoms with Crippen LogP contribution >= 0.6 is 0 Å². The van der Waals surface area contributed by atoms with E-state index >= 15 is 0 Å². The van der Waals surface area contributed by atoms with E-state index in [1.54, 1.807) is 0 Å². The number of unbranched alkanes of at least 4 members (excludes halogenated alkanes) is 1. The van der Waals surface area contributed by atoms with Gasteiger partial charge in [-0.1, -0.05) is 37.6 Å². The fraction of sp³-hybridized carbons (Fsp3) is 0.391. The van der Waals surface area contributed by atoms with Crippen molar-refractivity contribution < 1.29 is 4.79 Å². The maximum atomic E-state index is 12.7. The van der Waals surface area contributed by atoms with Crippen LogP contribution in [-0.2, 0) is 17.8 Å². The molecule has 4 heteroatoms. The molecule has 2 aromatic carbocycles. The van der Waals surface area contributed by atoms with Gasteiger partial charge in [0.2, 0.25) is 5.91 Å². The van der Waals surface area contributed by atoms with Crippen molar-refractivity contribution in [3.8, 4) is 0 Å². The first-order chi connectivity index (χ1) is 13.2. The number of fused-ring (bicyclic) bond motifs is 1. The number of hydrogen-bond donors (Lipinski definition) is 0. The predicted molar refractivity (Wildman–Crippen MR) is 110 cm³/mol. The summed E-state index contributed by atoms with van der Waals surface area (Å²) in [5, 5.41) is 0. The van der Waals surface area contributed by atoms with Crippen molar-refractivity contribution in [2.45, 2.75) is 52.0 Å². The zero-order chi connectivity index (χ0) is 18.8. The summed E-state index contributed by atoms with van der Waals surface area (Å²) in [5.74, 6) is 1.37. The number of imidazole rings is 1. The molecule has 1 amide bonds. The second kappa shape index (κ2) is 7.55. The second-order valence-corrected chi connectivity index (χ2v) is 7.38. The van der Waals surface area contributed by atoms with E-state index in [4.69, 9.17) is 4.98 Å². The topological polar surface area (TPSA) is 38.1 Å². The van der Waals surface area contributed by atoms with Gasteiger partial charge >= 0.3 is 0 Å². The standard InChI is InChI=1S/C23H27N3O/c1-3-5-8-17-11-13-19(14-12-17)26-16-18(15-22(26)27)23-24-20-9-6-7-10-21(20)25(23)4-2/h6-7,9-14,18H,3-5,8,15-16H2,1-2H3. The van der Waals surface area contributed by atoms with E-state index in [-0.39, 0.29) is 11.8 Å². The zero-order valence-corrected chi connectivity index (χ0v) is 16.2. The highest BCUT2D eigenvalue weighted by Crippen LogP contribution is 2.33. The number of amides is 1. The molecule has 1 fully saturated rings. The summed E-state index contributed by atoms with van der Waals surface area (Å²) in [7, 11) is 0. The Kier molecular flexibility index (Phi) is 4.97. The molecule has 140 valence electrons. The van der Waals surface area contributed by atoms with Crippen LogP contribution in [0.2, 0.25) is 0 Å². The van der Waals surface area contributed by atoms with Gasteiger partial charge < -0.3 is 9.47 Å². The fourth-order valence-corrected chi connectivity index (χ4v) is 4.09. The first-order valence-corrected chi connectivity index (χ1v) is 10.1. The monoisotopic (exact) mass is 361 g/mol. The average molecular weight is 361 g/mol. The summed E-state index contributed by atoms with van der Waals surface area (Å²) in [4.78, 5) is 19.5. The van der Waals surface area contributed by atoms with Crippen LogP contribution in [0.25, 0.3) is 11.0 Å². The van der Waals surface area contributed by atoms with Crippen LogP contribution in [0.3, 0.4) is 0 Å². The largest absolute Gasteiger partial charge is 0.328 e. The Bertz CT molecular complexity index is 942. The molecule has 0 bridgehead atoms. The molecule has 1 aliphatic heterocycles. The van der Waals surface area contributed by atoms with Gasteiger partial charge in [-0.25, -0.2) is 4.98 Å². The Morgan fingerprint density at radius 3 is 2.59 bits per heavy atom. The highest BCUT2D eigenvalue weighted by molar-refractivity contribution is 5.96. The lowest BCUT2D eigenvalue weighted by Gasteiger charge is -2.17. The molecule has 1 atom stereocenters.